The van der Waals surface area contributed by atoms with Crippen molar-refractivity contribution in [3.05, 3.63) is 154 Å². The molecular weight excluding hydrogens is 528 g/mol. The fraction of sp³-hybridized carbons (Fsp3) is 0. The summed E-state index contributed by atoms with van der Waals surface area (Å²) in [6, 6.07) is 41.8. The van der Waals surface area contributed by atoms with Gasteiger partial charge in [0.2, 0.25) is 0 Å². The number of rotatable bonds is 6. The highest BCUT2D eigenvalue weighted by atomic mass is 16.6. The van der Waals surface area contributed by atoms with Gasteiger partial charge in [0.1, 0.15) is 0 Å². The van der Waals surface area contributed by atoms with Crippen molar-refractivity contribution < 1.29 is 9.85 Å². The first kappa shape index (κ1) is 25.0. The van der Waals surface area contributed by atoms with E-state index in [2.05, 4.69) is 33.4 Å². The van der Waals surface area contributed by atoms with E-state index >= 15 is 0 Å². The van der Waals surface area contributed by atoms with Crippen molar-refractivity contribution >= 4 is 33.2 Å². The zero-order valence-corrected chi connectivity index (χ0v) is 22.1. The van der Waals surface area contributed by atoms with Gasteiger partial charge in [0.25, 0.3) is 11.4 Å². The van der Waals surface area contributed by atoms with Gasteiger partial charge in [-0.15, -0.1) is 0 Å². The average Bonchev–Trinajstić information content (AvgIpc) is 3.59. The molecule has 0 saturated carbocycles. The minimum Gasteiger partial charge on any atom is -0.309 e. The van der Waals surface area contributed by atoms with Crippen molar-refractivity contribution in [2.75, 3.05) is 0 Å². The highest BCUT2D eigenvalue weighted by Gasteiger charge is 2.19. The molecule has 0 saturated heterocycles. The van der Waals surface area contributed by atoms with E-state index in [0.29, 0.717) is 0 Å². The first-order valence-electron chi connectivity index (χ1n) is 13.3. The fourth-order valence-electron chi connectivity index (χ4n) is 5.55. The summed E-state index contributed by atoms with van der Waals surface area (Å²) in [6.07, 6.45) is 0. The average molecular weight is 551 g/mol. The molecule has 5 aromatic carbocycles. The minimum absolute atomic E-state index is 0.0440. The van der Waals surface area contributed by atoms with Crippen molar-refractivity contribution in [1.82, 2.24) is 9.13 Å². The predicted molar refractivity (Wildman–Crippen MR) is 164 cm³/mol. The Morgan fingerprint density at radius 3 is 1.14 bits per heavy atom. The maximum absolute atomic E-state index is 11.3. The lowest BCUT2D eigenvalue weighted by atomic mass is 10.1. The van der Waals surface area contributed by atoms with Crippen LogP contribution in [0.2, 0.25) is 0 Å². The molecule has 202 valence electrons. The Morgan fingerprint density at radius 2 is 0.810 bits per heavy atom. The van der Waals surface area contributed by atoms with Crippen LogP contribution in [0.3, 0.4) is 0 Å². The molecule has 42 heavy (non-hydrogen) atoms. The van der Waals surface area contributed by atoms with Gasteiger partial charge in [-0.05, 0) is 83.9 Å². The molecule has 0 aliphatic rings. The van der Waals surface area contributed by atoms with Crippen molar-refractivity contribution in [3.8, 4) is 33.9 Å². The van der Waals surface area contributed by atoms with E-state index in [-0.39, 0.29) is 11.4 Å². The summed E-state index contributed by atoms with van der Waals surface area (Å²) in [7, 11) is 0. The van der Waals surface area contributed by atoms with E-state index in [1.54, 1.807) is 24.3 Å². The number of aromatic nitrogens is 2. The highest BCUT2D eigenvalue weighted by Crippen LogP contribution is 2.38. The second kappa shape index (κ2) is 9.87. The Kier molecular flexibility index (Phi) is 5.87. The van der Waals surface area contributed by atoms with Crippen LogP contribution in [-0.4, -0.2) is 19.0 Å². The number of para-hydroxylation sites is 2. The summed E-state index contributed by atoms with van der Waals surface area (Å²) < 4.78 is 4.34. The summed E-state index contributed by atoms with van der Waals surface area (Å²) in [4.78, 5) is 21.8. The lowest BCUT2D eigenvalue weighted by molar-refractivity contribution is -0.385. The number of hydrogen-bond donors (Lipinski definition) is 0. The Bertz CT molecular complexity index is 1960. The zero-order valence-electron chi connectivity index (χ0n) is 22.1. The van der Waals surface area contributed by atoms with Crippen LogP contribution < -0.4 is 0 Å². The van der Waals surface area contributed by atoms with Crippen LogP contribution in [0, 0.1) is 20.2 Å². The first-order valence-corrected chi connectivity index (χ1v) is 13.3. The Balaban J connectivity index is 1.50. The monoisotopic (exact) mass is 550 g/mol. The smallest absolute Gasteiger partial charge is 0.269 e. The van der Waals surface area contributed by atoms with Crippen LogP contribution in [0.15, 0.2) is 133 Å². The molecule has 8 heteroatoms. The summed E-state index contributed by atoms with van der Waals surface area (Å²) >= 11 is 0. The van der Waals surface area contributed by atoms with Gasteiger partial charge in [-0.1, -0.05) is 36.4 Å². The first-order chi connectivity index (χ1) is 20.5. The molecular formula is C34H22N4O4. The lowest BCUT2D eigenvalue weighted by Gasteiger charge is -2.12. The van der Waals surface area contributed by atoms with Gasteiger partial charge in [-0.25, -0.2) is 0 Å². The number of nitro benzene ring substituents is 2. The summed E-state index contributed by atoms with van der Waals surface area (Å²) in [5.74, 6) is 0. The van der Waals surface area contributed by atoms with Crippen LogP contribution in [-0.2, 0) is 0 Å². The quantitative estimate of drug-likeness (QED) is 0.153. The van der Waals surface area contributed by atoms with Gasteiger partial charge in [0, 0.05) is 46.4 Å². The molecule has 0 atom stereocenters. The van der Waals surface area contributed by atoms with Gasteiger partial charge in [-0.3, -0.25) is 20.2 Å². The molecule has 7 rings (SSSR count). The van der Waals surface area contributed by atoms with Crippen LogP contribution in [0.25, 0.3) is 55.7 Å². The van der Waals surface area contributed by atoms with E-state index < -0.39 is 9.85 Å². The number of hydrogen-bond acceptors (Lipinski definition) is 4. The van der Waals surface area contributed by atoms with Gasteiger partial charge in [0.15, 0.2) is 0 Å². The third-order valence-corrected chi connectivity index (χ3v) is 7.50. The predicted octanol–water partition coefficient (Wildman–Crippen LogP) is 8.72. The SMILES string of the molecule is O=[N+]([O-])c1ccc(-c2cc3cc4c(cc(-c5ccc([N+](=O)[O-])cc5)n4-c4ccccc4)cc3n2-c2ccccc2)cc1. The largest absolute Gasteiger partial charge is 0.309 e. The van der Waals surface area contributed by atoms with Gasteiger partial charge in [0.05, 0.1) is 32.3 Å². The number of non-ortho nitro benzene ring substituents is 2. The van der Waals surface area contributed by atoms with Crippen LogP contribution >= 0.6 is 0 Å². The minimum atomic E-state index is -0.395. The van der Waals surface area contributed by atoms with Crippen molar-refractivity contribution in [2.45, 2.75) is 0 Å². The molecule has 2 aromatic heterocycles. The standard InChI is InChI=1S/C34H22N4O4/c39-37(40)29-15-11-23(12-16-29)31-19-25-22-34-26(21-33(25)35(31)27-7-3-1-4-8-27)20-32(36(34)28-9-5-2-6-10-28)24-13-17-30(18-14-24)38(41)42/h1-22H. The Hall–Kier alpha value is -6.02. The second-order valence-corrected chi connectivity index (χ2v) is 9.98. The number of benzene rings is 5. The van der Waals surface area contributed by atoms with E-state index in [0.717, 1.165) is 55.7 Å². The van der Waals surface area contributed by atoms with E-state index in [9.17, 15) is 20.2 Å². The third kappa shape index (κ3) is 4.18. The Labute approximate surface area is 239 Å². The topological polar surface area (TPSA) is 96.1 Å². The van der Waals surface area contributed by atoms with Crippen molar-refractivity contribution in [2.24, 2.45) is 0 Å². The van der Waals surface area contributed by atoms with E-state index in [1.807, 2.05) is 60.7 Å². The summed E-state index contributed by atoms with van der Waals surface area (Å²) in [5, 5.41) is 24.6. The molecule has 8 nitrogen and oxygen atoms in total. The van der Waals surface area contributed by atoms with Gasteiger partial charge < -0.3 is 9.13 Å². The normalized spacial score (nSPS) is 11.2. The number of fused-ring (bicyclic) bond motifs is 2. The molecule has 0 radical (unpaired) electrons. The molecule has 0 N–H and O–H groups in total. The van der Waals surface area contributed by atoms with E-state index in [1.165, 1.54) is 24.3 Å². The molecule has 0 fully saturated rings. The summed E-state index contributed by atoms with van der Waals surface area (Å²) in [5.41, 5.74) is 7.57. The van der Waals surface area contributed by atoms with Crippen LogP contribution in [0.4, 0.5) is 11.4 Å². The summed E-state index contributed by atoms with van der Waals surface area (Å²) in [6.45, 7) is 0. The molecule has 0 amide bonds. The highest BCUT2D eigenvalue weighted by molar-refractivity contribution is 6.02. The van der Waals surface area contributed by atoms with Crippen LogP contribution in [0.1, 0.15) is 0 Å². The second-order valence-electron chi connectivity index (χ2n) is 9.98. The lowest BCUT2D eigenvalue weighted by Crippen LogP contribution is -1.97. The molecule has 0 aliphatic heterocycles. The maximum Gasteiger partial charge on any atom is 0.269 e. The molecule has 7 aromatic rings. The molecule has 0 spiro atoms. The number of nitrogens with zero attached hydrogens (tertiary/aromatic N) is 4. The molecule has 0 bridgehead atoms. The van der Waals surface area contributed by atoms with Gasteiger partial charge in [-0.2, -0.15) is 0 Å². The number of nitro groups is 2. The molecule has 0 unspecified atom stereocenters. The van der Waals surface area contributed by atoms with Crippen molar-refractivity contribution in [1.29, 1.82) is 0 Å². The van der Waals surface area contributed by atoms with E-state index in [4.69, 9.17) is 0 Å². The van der Waals surface area contributed by atoms with Crippen molar-refractivity contribution in [3.63, 3.8) is 0 Å². The van der Waals surface area contributed by atoms with Crippen LogP contribution in [0.5, 0.6) is 0 Å². The van der Waals surface area contributed by atoms with Gasteiger partial charge >= 0.3 is 0 Å². The Morgan fingerprint density at radius 1 is 0.452 bits per heavy atom. The molecule has 2 heterocycles. The maximum atomic E-state index is 11.3. The zero-order chi connectivity index (χ0) is 28.8. The third-order valence-electron chi connectivity index (χ3n) is 7.50. The fourth-order valence-corrected chi connectivity index (χ4v) is 5.55. The molecule has 0 aliphatic carbocycles.